The Morgan fingerprint density at radius 1 is 1.06 bits per heavy atom. The van der Waals surface area contributed by atoms with E-state index in [4.69, 9.17) is 9.72 Å². The van der Waals surface area contributed by atoms with Crippen LogP contribution in [0.4, 0.5) is 0 Å². The first-order valence-electron chi connectivity index (χ1n) is 12.2. The second kappa shape index (κ2) is 9.91. The molecule has 0 spiro atoms. The van der Waals surface area contributed by atoms with Gasteiger partial charge in [-0.05, 0) is 67.5 Å². The van der Waals surface area contributed by atoms with Gasteiger partial charge < -0.3 is 9.30 Å². The summed E-state index contributed by atoms with van der Waals surface area (Å²) in [5.74, 6) is 2.05. The lowest BCUT2D eigenvalue weighted by Gasteiger charge is -2.30. The third kappa shape index (κ3) is 4.72. The molecule has 2 aromatic carbocycles. The minimum atomic E-state index is -3.51. The number of fused-ring (bicyclic) bond motifs is 1. The van der Waals surface area contributed by atoms with Crippen LogP contribution in [0.2, 0.25) is 0 Å². The number of sulfonamides is 1. The fourth-order valence-electron chi connectivity index (χ4n) is 5.22. The molecule has 5 rings (SSSR count). The van der Waals surface area contributed by atoms with Crippen molar-refractivity contribution in [2.75, 3.05) is 20.2 Å². The highest BCUT2D eigenvalue weighted by molar-refractivity contribution is 7.98. The van der Waals surface area contributed by atoms with Gasteiger partial charge in [-0.2, -0.15) is 4.31 Å². The summed E-state index contributed by atoms with van der Waals surface area (Å²) < 4.78 is 36.0. The van der Waals surface area contributed by atoms with E-state index < -0.39 is 10.0 Å². The maximum absolute atomic E-state index is 13.4. The molecule has 1 aromatic heterocycles. The molecule has 1 atom stereocenters. The summed E-state index contributed by atoms with van der Waals surface area (Å²) in [7, 11) is -1.83. The average molecular weight is 500 g/mol. The van der Waals surface area contributed by atoms with Crippen molar-refractivity contribution in [2.45, 2.75) is 67.3 Å². The number of hydrogen-bond donors (Lipinski definition) is 0. The highest BCUT2D eigenvalue weighted by Crippen LogP contribution is 2.38. The Morgan fingerprint density at radius 3 is 2.53 bits per heavy atom. The SMILES string of the molecule is COc1ccc(CSc2nc3cc(S(=O)(=O)N4CCC[C@H](C)C4)ccc3n2C2CCCC2)cc1. The summed E-state index contributed by atoms with van der Waals surface area (Å²) in [6.45, 7) is 3.32. The molecule has 1 aliphatic carbocycles. The van der Waals surface area contributed by atoms with Crippen LogP contribution in [-0.2, 0) is 15.8 Å². The summed E-state index contributed by atoms with van der Waals surface area (Å²) in [6, 6.07) is 14.1. The number of aromatic nitrogens is 2. The Hall–Kier alpha value is -2.03. The van der Waals surface area contributed by atoms with Crippen LogP contribution < -0.4 is 4.74 Å². The van der Waals surface area contributed by atoms with Gasteiger partial charge in [-0.1, -0.05) is 43.7 Å². The highest BCUT2D eigenvalue weighted by Gasteiger charge is 2.30. The summed E-state index contributed by atoms with van der Waals surface area (Å²) in [4.78, 5) is 5.32. The summed E-state index contributed by atoms with van der Waals surface area (Å²) in [5.41, 5.74) is 3.02. The van der Waals surface area contributed by atoms with E-state index in [1.807, 2.05) is 18.2 Å². The van der Waals surface area contributed by atoms with Crippen molar-refractivity contribution in [1.82, 2.24) is 13.9 Å². The van der Waals surface area contributed by atoms with Crippen LogP contribution >= 0.6 is 11.8 Å². The number of hydrogen-bond acceptors (Lipinski definition) is 5. The van der Waals surface area contributed by atoms with Gasteiger partial charge in [-0.25, -0.2) is 13.4 Å². The van der Waals surface area contributed by atoms with E-state index in [2.05, 4.69) is 23.6 Å². The number of methoxy groups -OCH3 is 1. The van der Waals surface area contributed by atoms with Crippen LogP contribution in [0.15, 0.2) is 52.5 Å². The van der Waals surface area contributed by atoms with Gasteiger partial charge >= 0.3 is 0 Å². The van der Waals surface area contributed by atoms with Crippen LogP contribution in [0.3, 0.4) is 0 Å². The van der Waals surface area contributed by atoms with Crippen molar-refractivity contribution in [3.63, 3.8) is 0 Å². The van der Waals surface area contributed by atoms with Crippen molar-refractivity contribution in [1.29, 1.82) is 0 Å². The van der Waals surface area contributed by atoms with E-state index in [0.29, 0.717) is 29.9 Å². The fraction of sp³-hybridized carbons (Fsp3) is 0.500. The molecule has 1 saturated heterocycles. The van der Waals surface area contributed by atoms with Crippen molar-refractivity contribution < 1.29 is 13.2 Å². The Kier molecular flexibility index (Phi) is 6.91. The molecule has 2 fully saturated rings. The number of rotatable bonds is 7. The molecule has 3 aromatic rings. The van der Waals surface area contributed by atoms with Crippen LogP contribution in [0.1, 0.15) is 57.1 Å². The molecule has 8 heteroatoms. The lowest BCUT2D eigenvalue weighted by atomic mass is 10.0. The average Bonchev–Trinajstić information content (AvgIpc) is 3.50. The van der Waals surface area contributed by atoms with Crippen molar-refractivity contribution >= 4 is 32.8 Å². The smallest absolute Gasteiger partial charge is 0.243 e. The molecule has 34 heavy (non-hydrogen) atoms. The number of nitrogens with zero attached hydrogens (tertiary/aromatic N) is 3. The third-order valence-electron chi connectivity index (χ3n) is 7.10. The van der Waals surface area contributed by atoms with Gasteiger partial charge in [0.1, 0.15) is 5.75 Å². The first kappa shape index (κ1) is 23.7. The molecule has 2 aliphatic rings. The van der Waals surface area contributed by atoms with Crippen LogP contribution in [0.5, 0.6) is 5.75 Å². The third-order valence-corrected chi connectivity index (χ3v) is 9.99. The minimum Gasteiger partial charge on any atom is -0.497 e. The standard InChI is InChI=1S/C26H33N3O3S2/c1-19-6-5-15-28(17-19)34(30,31)23-13-14-25-24(16-23)27-26(29(25)21-7-3-4-8-21)33-18-20-9-11-22(32-2)12-10-20/h9-14,16,19,21H,3-8,15,17-18H2,1-2H3/t19-/m0/s1. The van der Waals surface area contributed by atoms with E-state index in [-0.39, 0.29) is 0 Å². The topological polar surface area (TPSA) is 64.4 Å². The van der Waals surface area contributed by atoms with Crippen LogP contribution in [-0.4, -0.2) is 42.5 Å². The van der Waals surface area contributed by atoms with Gasteiger partial charge in [0.05, 0.1) is 23.0 Å². The lowest BCUT2D eigenvalue weighted by molar-refractivity contribution is 0.281. The molecular weight excluding hydrogens is 466 g/mol. The molecular formula is C26H33N3O3S2. The number of imidazole rings is 1. The first-order chi connectivity index (χ1) is 16.5. The van der Waals surface area contributed by atoms with Gasteiger partial charge in [0.2, 0.25) is 10.0 Å². The fourth-order valence-corrected chi connectivity index (χ4v) is 7.87. The summed E-state index contributed by atoms with van der Waals surface area (Å²) in [5, 5.41) is 0.971. The molecule has 182 valence electrons. The van der Waals surface area contributed by atoms with Crippen molar-refractivity contribution in [3.05, 3.63) is 48.0 Å². The van der Waals surface area contributed by atoms with Gasteiger partial charge in [-0.3, -0.25) is 0 Å². The van der Waals surface area contributed by atoms with E-state index in [1.165, 1.54) is 18.4 Å². The maximum Gasteiger partial charge on any atom is 0.243 e. The molecule has 6 nitrogen and oxygen atoms in total. The van der Waals surface area contributed by atoms with E-state index in [9.17, 15) is 8.42 Å². The normalized spacial score (nSPS) is 20.2. The van der Waals surface area contributed by atoms with E-state index >= 15 is 0 Å². The zero-order chi connectivity index (χ0) is 23.7. The zero-order valence-electron chi connectivity index (χ0n) is 19.9. The van der Waals surface area contributed by atoms with Gasteiger partial charge in [0.25, 0.3) is 0 Å². The lowest BCUT2D eigenvalue weighted by Crippen LogP contribution is -2.39. The van der Waals surface area contributed by atoms with Crippen molar-refractivity contribution in [2.24, 2.45) is 5.92 Å². The monoisotopic (exact) mass is 499 g/mol. The maximum atomic E-state index is 13.4. The highest BCUT2D eigenvalue weighted by atomic mass is 32.2. The molecule has 0 N–H and O–H groups in total. The van der Waals surface area contributed by atoms with Crippen LogP contribution in [0.25, 0.3) is 11.0 Å². The first-order valence-corrected chi connectivity index (χ1v) is 14.7. The molecule has 0 radical (unpaired) electrons. The Morgan fingerprint density at radius 2 is 1.82 bits per heavy atom. The van der Waals surface area contributed by atoms with Gasteiger partial charge in [-0.15, -0.1) is 0 Å². The predicted molar refractivity (Wildman–Crippen MR) is 137 cm³/mol. The van der Waals surface area contributed by atoms with Gasteiger partial charge in [0, 0.05) is 24.9 Å². The Bertz CT molecular complexity index is 1250. The van der Waals surface area contributed by atoms with E-state index in [0.717, 1.165) is 53.4 Å². The Labute approximate surface area is 206 Å². The van der Waals surface area contributed by atoms with Crippen molar-refractivity contribution in [3.8, 4) is 5.75 Å². The summed E-state index contributed by atoms with van der Waals surface area (Å²) >= 11 is 1.72. The quantitative estimate of drug-likeness (QED) is 0.380. The summed E-state index contributed by atoms with van der Waals surface area (Å²) in [6.07, 6.45) is 6.76. The molecule has 1 aliphatic heterocycles. The van der Waals surface area contributed by atoms with Crippen LogP contribution in [0, 0.1) is 5.92 Å². The molecule has 2 heterocycles. The zero-order valence-corrected chi connectivity index (χ0v) is 21.6. The Balaban J connectivity index is 1.47. The number of ether oxygens (including phenoxy) is 1. The largest absolute Gasteiger partial charge is 0.497 e. The molecule has 1 saturated carbocycles. The molecule has 0 bridgehead atoms. The second-order valence-corrected chi connectivity index (χ2v) is 12.5. The predicted octanol–water partition coefficient (Wildman–Crippen LogP) is 5.87. The molecule has 0 amide bonds. The number of benzene rings is 2. The second-order valence-electron chi connectivity index (χ2n) is 9.60. The number of thioether (sulfide) groups is 1. The van der Waals surface area contributed by atoms with E-state index in [1.54, 1.807) is 35.3 Å². The minimum absolute atomic E-state index is 0.358. The van der Waals surface area contributed by atoms with Gasteiger partial charge in [0.15, 0.2) is 5.16 Å². The molecule has 0 unspecified atom stereocenters. The number of piperidine rings is 1.